The van der Waals surface area contributed by atoms with Gasteiger partial charge >= 0.3 is 7.12 Å². The Labute approximate surface area is 253 Å². The lowest BCUT2D eigenvalue weighted by Gasteiger charge is -2.30. The topological polar surface area (TPSA) is 43.7 Å². The lowest BCUT2D eigenvalue weighted by Crippen LogP contribution is -2.29. The molecule has 0 saturated carbocycles. The number of hydrogen-bond acceptors (Lipinski definition) is 3. The van der Waals surface area contributed by atoms with Crippen molar-refractivity contribution >= 4 is 29.6 Å². The molecule has 0 radical (unpaired) electrons. The highest BCUT2D eigenvalue weighted by Crippen LogP contribution is 2.51. The number of nitrogens with zero attached hydrogens (tertiary/aromatic N) is 1. The lowest BCUT2D eigenvalue weighted by atomic mass is 9.80. The Morgan fingerprint density at radius 2 is 1.05 bits per heavy atom. The van der Waals surface area contributed by atoms with Crippen LogP contribution < -0.4 is 10.4 Å². The lowest BCUT2D eigenvalue weighted by molar-refractivity contribution is 0.426. The zero-order valence-electron chi connectivity index (χ0n) is 24.3. The van der Waals surface area contributed by atoms with E-state index in [1.165, 1.54) is 27.8 Å². The maximum absolute atomic E-state index is 9.50. The van der Waals surface area contributed by atoms with Crippen molar-refractivity contribution in [2.75, 3.05) is 4.90 Å². The second kappa shape index (κ2) is 10.7. The summed E-state index contributed by atoms with van der Waals surface area (Å²) < 4.78 is 0. The van der Waals surface area contributed by atoms with E-state index in [1.807, 2.05) is 12.1 Å². The van der Waals surface area contributed by atoms with E-state index in [9.17, 15) is 10.0 Å². The summed E-state index contributed by atoms with van der Waals surface area (Å²) in [6.45, 7) is 4.64. The number of benzene rings is 6. The van der Waals surface area contributed by atoms with E-state index in [4.69, 9.17) is 0 Å². The third-order valence-electron chi connectivity index (χ3n) is 8.72. The van der Waals surface area contributed by atoms with Crippen molar-refractivity contribution in [1.82, 2.24) is 0 Å². The Kier molecular flexibility index (Phi) is 6.74. The zero-order valence-corrected chi connectivity index (χ0v) is 24.3. The van der Waals surface area contributed by atoms with Crippen LogP contribution in [0.4, 0.5) is 17.1 Å². The zero-order chi connectivity index (χ0) is 29.6. The Hall–Kier alpha value is -4.90. The smallest absolute Gasteiger partial charge is 0.423 e. The summed E-state index contributed by atoms with van der Waals surface area (Å²) in [7, 11) is -1.47. The third-order valence-corrected chi connectivity index (χ3v) is 8.72. The van der Waals surface area contributed by atoms with Crippen LogP contribution in [0.3, 0.4) is 0 Å². The van der Waals surface area contributed by atoms with Gasteiger partial charge in [0.05, 0.1) is 5.69 Å². The summed E-state index contributed by atoms with van der Waals surface area (Å²) in [5.74, 6) is 0. The molecule has 0 heterocycles. The van der Waals surface area contributed by atoms with E-state index in [2.05, 4.69) is 140 Å². The molecule has 0 spiro atoms. The quantitative estimate of drug-likeness (QED) is 0.202. The van der Waals surface area contributed by atoms with E-state index in [0.717, 1.165) is 33.8 Å². The Bertz CT molecular complexity index is 1910. The molecule has 1 aliphatic carbocycles. The normalized spacial score (nSPS) is 12.8. The van der Waals surface area contributed by atoms with Crippen LogP contribution in [-0.4, -0.2) is 17.2 Å². The van der Waals surface area contributed by atoms with Gasteiger partial charge in [0.15, 0.2) is 0 Å². The van der Waals surface area contributed by atoms with Crippen LogP contribution in [0.25, 0.3) is 33.4 Å². The number of para-hydroxylation sites is 1. The van der Waals surface area contributed by atoms with Gasteiger partial charge in [-0.1, -0.05) is 129 Å². The SMILES string of the molecule is CC1(C)c2ccccc2-c2ccc(N(c3ccc(-c4ccc(B(O)O)cc4)cc3)c3ccccc3-c3ccccc3)cc21. The summed E-state index contributed by atoms with van der Waals surface area (Å²) in [6.07, 6.45) is 0. The summed E-state index contributed by atoms with van der Waals surface area (Å²) in [6, 6.07) is 50.7. The Morgan fingerprint density at radius 3 is 1.74 bits per heavy atom. The maximum atomic E-state index is 9.50. The summed E-state index contributed by atoms with van der Waals surface area (Å²) >= 11 is 0. The van der Waals surface area contributed by atoms with Gasteiger partial charge in [-0.05, 0) is 74.7 Å². The molecule has 6 aromatic carbocycles. The third kappa shape index (κ3) is 4.75. The van der Waals surface area contributed by atoms with E-state index in [-0.39, 0.29) is 5.41 Å². The standard InChI is InChI=1S/C39H32BNO2/c1-39(2)36-14-8-6-13-34(36)35-25-24-32(26-37(35)39)41(38-15-9-7-12-33(38)29-10-4-3-5-11-29)31-22-18-28(19-23-31)27-16-20-30(21-17-27)40(42)43/h3-26,42-43H,1-2H3. The fraction of sp³-hybridized carbons (Fsp3) is 0.0769. The second-order valence-electron chi connectivity index (χ2n) is 11.7. The maximum Gasteiger partial charge on any atom is 0.488 e. The van der Waals surface area contributed by atoms with E-state index in [0.29, 0.717) is 5.46 Å². The molecule has 0 amide bonds. The fourth-order valence-corrected chi connectivity index (χ4v) is 6.44. The molecule has 2 N–H and O–H groups in total. The molecule has 0 unspecified atom stereocenters. The molecule has 0 atom stereocenters. The van der Waals surface area contributed by atoms with Crippen LogP contribution in [0.2, 0.25) is 0 Å². The minimum absolute atomic E-state index is 0.106. The van der Waals surface area contributed by atoms with Crippen LogP contribution >= 0.6 is 0 Å². The van der Waals surface area contributed by atoms with Gasteiger partial charge < -0.3 is 14.9 Å². The predicted octanol–water partition coefficient (Wildman–Crippen LogP) is 8.48. The van der Waals surface area contributed by atoms with Gasteiger partial charge in [0.25, 0.3) is 0 Å². The molecule has 208 valence electrons. The van der Waals surface area contributed by atoms with Gasteiger partial charge in [0, 0.05) is 22.4 Å². The monoisotopic (exact) mass is 557 g/mol. The van der Waals surface area contributed by atoms with E-state index < -0.39 is 7.12 Å². The van der Waals surface area contributed by atoms with Gasteiger partial charge in [0.1, 0.15) is 0 Å². The molecule has 43 heavy (non-hydrogen) atoms. The first-order chi connectivity index (χ1) is 20.9. The largest absolute Gasteiger partial charge is 0.488 e. The summed E-state index contributed by atoms with van der Waals surface area (Å²) in [5, 5.41) is 19.0. The molecular formula is C39H32BNO2. The minimum Gasteiger partial charge on any atom is -0.423 e. The van der Waals surface area contributed by atoms with Crippen LogP contribution in [0.5, 0.6) is 0 Å². The van der Waals surface area contributed by atoms with E-state index >= 15 is 0 Å². The van der Waals surface area contributed by atoms with Gasteiger partial charge in [-0.2, -0.15) is 0 Å². The van der Waals surface area contributed by atoms with Gasteiger partial charge in [0.2, 0.25) is 0 Å². The number of fused-ring (bicyclic) bond motifs is 3. The Balaban J connectivity index is 1.37. The number of anilines is 3. The predicted molar refractivity (Wildman–Crippen MR) is 179 cm³/mol. The van der Waals surface area contributed by atoms with Crippen molar-refractivity contribution in [2.45, 2.75) is 19.3 Å². The van der Waals surface area contributed by atoms with Crippen molar-refractivity contribution in [1.29, 1.82) is 0 Å². The first-order valence-corrected chi connectivity index (χ1v) is 14.7. The van der Waals surface area contributed by atoms with Gasteiger partial charge in [-0.25, -0.2) is 0 Å². The molecule has 0 bridgehead atoms. The fourth-order valence-electron chi connectivity index (χ4n) is 6.44. The Morgan fingerprint density at radius 1 is 0.488 bits per heavy atom. The molecule has 0 aromatic heterocycles. The first-order valence-electron chi connectivity index (χ1n) is 14.7. The highest BCUT2D eigenvalue weighted by Gasteiger charge is 2.35. The summed E-state index contributed by atoms with van der Waals surface area (Å²) in [4.78, 5) is 2.36. The van der Waals surface area contributed by atoms with Gasteiger partial charge in [-0.15, -0.1) is 0 Å². The molecule has 0 aliphatic heterocycles. The molecule has 4 heteroatoms. The van der Waals surface area contributed by atoms with Crippen molar-refractivity contribution < 1.29 is 10.0 Å². The molecule has 3 nitrogen and oxygen atoms in total. The average molecular weight is 558 g/mol. The second-order valence-corrected chi connectivity index (χ2v) is 11.7. The minimum atomic E-state index is -1.47. The summed E-state index contributed by atoms with van der Waals surface area (Å²) in [5.41, 5.74) is 13.4. The molecule has 0 fully saturated rings. The number of hydrogen-bond donors (Lipinski definition) is 2. The molecule has 6 aromatic rings. The van der Waals surface area contributed by atoms with Crippen LogP contribution in [-0.2, 0) is 5.41 Å². The highest BCUT2D eigenvalue weighted by molar-refractivity contribution is 6.58. The molecule has 1 aliphatic rings. The van der Waals surface area contributed by atoms with Crippen LogP contribution in [0.15, 0.2) is 146 Å². The van der Waals surface area contributed by atoms with Gasteiger partial charge in [-0.3, -0.25) is 0 Å². The molecule has 0 saturated heterocycles. The van der Waals surface area contributed by atoms with Crippen LogP contribution in [0.1, 0.15) is 25.0 Å². The van der Waals surface area contributed by atoms with Crippen molar-refractivity contribution in [3.8, 4) is 33.4 Å². The molecule has 7 rings (SSSR count). The van der Waals surface area contributed by atoms with Crippen LogP contribution in [0, 0.1) is 0 Å². The highest BCUT2D eigenvalue weighted by atomic mass is 16.4. The van der Waals surface area contributed by atoms with Crippen molar-refractivity contribution in [2.24, 2.45) is 0 Å². The number of rotatable bonds is 6. The average Bonchev–Trinajstić information content (AvgIpc) is 3.28. The molecular weight excluding hydrogens is 525 g/mol. The van der Waals surface area contributed by atoms with E-state index in [1.54, 1.807) is 12.1 Å². The van der Waals surface area contributed by atoms with Crippen molar-refractivity contribution in [3.05, 3.63) is 157 Å². The first kappa shape index (κ1) is 27.0. The van der Waals surface area contributed by atoms with Crippen molar-refractivity contribution in [3.63, 3.8) is 0 Å².